The molecule has 324 valence electrons. The fraction of sp³-hybridized carbons (Fsp3) is 0.933. The van der Waals surface area contributed by atoms with E-state index in [-0.39, 0.29) is 5.91 Å². The van der Waals surface area contributed by atoms with E-state index in [1.54, 1.807) is 0 Å². The van der Waals surface area contributed by atoms with Crippen molar-refractivity contribution in [2.75, 3.05) is 46.9 Å². The summed E-state index contributed by atoms with van der Waals surface area (Å²) < 4.78 is 31.9. The minimum absolute atomic E-state index is 0.247. The molecule has 1 atom stereocenters. The first-order chi connectivity index (χ1) is 26.6. The van der Waals surface area contributed by atoms with Crippen LogP contribution < -0.4 is 0 Å². The first-order valence-electron chi connectivity index (χ1n) is 23.2. The molecule has 0 aromatic rings. The van der Waals surface area contributed by atoms with Gasteiger partial charge in [0.05, 0.1) is 39.7 Å². The molecule has 0 aliphatic carbocycles. The van der Waals surface area contributed by atoms with E-state index >= 15 is 0 Å². The quantitative estimate of drug-likeness (QED) is 0.0265. The van der Waals surface area contributed by atoms with Crippen LogP contribution in [-0.4, -0.2) is 81.0 Å². The molecule has 0 fully saturated rings. The van der Waals surface area contributed by atoms with Crippen molar-refractivity contribution in [2.24, 2.45) is 4.99 Å². The summed E-state index contributed by atoms with van der Waals surface area (Å²) in [7, 11) is -1.29. The lowest BCUT2D eigenvalue weighted by Crippen LogP contribution is -2.52. The molecule has 0 saturated carbocycles. The Hall–Kier alpha value is -1.54. The van der Waals surface area contributed by atoms with Crippen molar-refractivity contribution < 1.29 is 26.4 Å². The van der Waals surface area contributed by atoms with Crippen molar-refractivity contribution in [1.29, 1.82) is 5.26 Å². The highest BCUT2D eigenvalue weighted by atomic mass is 32.3. The molecule has 0 spiro atoms. The van der Waals surface area contributed by atoms with Gasteiger partial charge in [0.15, 0.2) is 5.84 Å². The highest BCUT2D eigenvalue weighted by molar-refractivity contribution is 7.80. The number of nitriles is 1. The van der Waals surface area contributed by atoms with Gasteiger partial charge in [-0.1, -0.05) is 194 Å². The molecule has 0 aromatic heterocycles. The van der Waals surface area contributed by atoms with Crippen molar-refractivity contribution in [3.05, 3.63) is 0 Å². The topological polar surface area (TPSA) is 123 Å². The molecule has 1 aliphatic rings. The third kappa shape index (κ3) is 34.2. The highest BCUT2D eigenvalue weighted by Crippen LogP contribution is 2.20. The number of rotatable bonds is 38. The number of carbonyl (C=O) groups is 1. The number of quaternary nitrogens is 1. The van der Waals surface area contributed by atoms with Crippen LogP contribution in [0, 0.1) is 11.3 Å². The van der Waals surface area contributed by atoms with Crippen LogP contribution in [0.3, 0.4) is 0 Å². The van der Waals surface area contributed by atoms with Gasteiger partial charge in [0.1, 0.15) is 13.1 Å². The maximum atomic E-state index is 13.2. The second-order valence-corrected chi connectivity index (χ2v) is 17.6. The minimum atomic E-state index is -4.41. The number of likely N-dealkylation sites (N-methyl/N-ethyl adjacent to an activating group) is 1. The highest BCUT2D eigenvalue weighted by Gasteiger charge is 2.33. The summed E-state index contributed by atoms with van der Waals surface area (Å²) in [5.41, 5.74) is 0. The van der Waals surface area contributed by atoms with E-state index in [0.717, 1.165) is 57.0 Å². The van der Waals surface area contributed by atoms with Gasteiger partial charge in [-0.15, -0.1) is 0 Å². The van der Waals surface area contributed by atoms with Gasteiger partial charge >= 0.3 is 0 Å². The minimum Gasteiger partial charge on any atom is -0.726 e. The summed E-state index contributed by atoms with van der Waals surface area (Å²) in [5, 5.41) is 9.24. The van der Waals surface area contributed by atoms with E-state index in [4.69, 9.17) is 4.99 Å². The number of amides is 1. The van der Waals surface area contributed by atoms with E-state index in [1.807, 2.05) is 4.90 Å². The SMILES string of the molecule is CCCCCCCCCCCCCCCCCC(=O)N(CCC#N)CC[N+]1(C)CCN=C1CCCCCCCCCCCCCCCCC.COS(=O)(=O)[O-]. The summed E-state index contributed by atoms with van der Waals surface area (Å²) in [6.45, 7) is 8.78. The Morgan fingerprint density at radius 2 is 1.05 bits per heavy atom. The molecule has 1 heterocycles. The average Bonchev–Trinajstić information content (AvgIpc) is 3.54. The van der Waals surface area contributed by atoms with Crippen LogP contribution in [0.25, 0.3) is 0 Å². The number of amidine groups is 1. The van der Waals surface area contributed by atoms with Crippen LogP contribution in [0.4, 0.5) is 0 Å². The van der Waals surface area contributed by atoms with E-state index in [0.29, 0.717) is 19.4 Å². The van der Waals surface area contributed by atoms with Crippen molar-refractivity contribution in [3.8, 4) is 6.07 Å². The van der Waals surface area contributed by atoms with E-state index in [2.05, 4.69) is 31.1 Å². The maximum absolute atomic E-state index is 13.2. The summed E-state index contributed by atoms with van der Waals surface area (Å²) in [6, 6.07) is 2.27. The average molecular weight is 797 g/mol. The third-order valence-electron chi connectivity index (χ3n) is 11.4. The van der Waals surface area contributed by atoms with Gasteiger partial charge in [-0.25, -0.2) is 13.4 Å². The number of carbonyl (C=O) groups excluding carboxylic acids is 1. The van der Waals surface area contributed by atoms with Crippen LogP contribution in [-0.2, 0) is 19.4 Å². The standard InChI is InChI=1S/C44H85N4O.CH4O4S/c1-4-6-8-10-12-14-16-18-20-22-24-26-28-30-32-35-43-46-38-41-48(43,3)42-40-47(39-34-37-45)44(49)36-33-31-29-27-25-23-21-19-17-15-13-11-9-7-5-2;1-5-6(2,3)4/h4-36,38-42H2,1-3H3;1H3,(H,2,3,4)/q+1;/p-1. The molecule has 0 aromatic carbocycles. The molecule has 1 unspecified atom stereocenters. The fourth-order valence-corrected chi connectivity index (χ4v) is 7.64. The molecule has 0 bridgehead atoms. The van der Waals surface area contributed by atoms with Crippen LogP contribution >= 0.6 is 0 Å². The van der Waals surface area contributed by atoms with Crippen LogP contribution in [0.5, 0.6) is 0 Å². The Morgan fingerprint density at radius 3 is 1.42 bits per heavy atom. The third-order valence-corrected chi connectivity index (χ3v) is 11.8. The smallest absolute Gasteiger partial charge is 0.222 e. The van der Waals surface area contributed by atoms with E-state index < -0.39 is 10.4 Å². The van der Waals surface area contributed by atoms with Gasteiger partial charge in [0.25, 0.3) is 0 Å². The summed E-state index contributed by atoms with van der Waals surface area (Å²) in [5.74, 6) is 1.58. The van der Waals surface area contributed by atoms with Crippen molar-refractivity contribution in [3.63, 3.8) is 0 Å². The normalized spacial score (nSPS) is 15.4. The fourth-order valence-electron chi connectivity index (χ4n) is 7.64. The molecule has 1 rings (SSSR count). The van der Waals surface area contributed by atoms with Gasteiger partial charge in [0, 0.05) is 19.4 Å². The van der Waals surface area contributed by atoms with E-state index in [1.165, 1.54) is 186 Å². The Morgan fingerprint density at radius 1 is 0.691 bits per heavy atom. The Balaban J connectivity index is 0.00000447. The van der Waals surface area contributed by atoms with Crippen LogP contribution in [0.1, 0.15) is 226 Å². The second kappa shape index (κ2) is 38.0. The summed E-state index contributed by atoms with van der Waals surface area (Å²) in [4.78, 5) is 20.1. The lowest BCUT2D eigenvalue weighted by molar-refractivity contribution is -0.814. The Bertz CT molecular complexity index is 1060. The first-order valence-corrected chi connectivity index (χ1v) is 24.5. The Kier molecular flexibility index (Phi) is 36.9. The van der Waals surface area contributed by atoms with Gasteiger partial charge in [-0.05, 0) is 12.8 Å². The zero-order valence-electron chi connectivity index (χ0n) is 36.6. The monoisotopic (exact) mass is 797 g/mol. The van der Waals surface area contributed by atoms with Crippen molar-refractivity contribution >= 4 is 22.1 Å². The van der Waals surface area contributed by atoms with Gasteiger partial charge < -0.3 is 9.45 Å². The summed E-state index contributed by atoms with van der Waals surface area (Å²) >= 11 is 0. The molecule has 0 saturated heterocycles. The second-order valence-electron chi connectivity index (χ2n) is 16.4. The largest absolute Gasteiger partial charge is 0.726 e. The predicted molar refractivity (Wildman–Crippen MR) is 231 cm³/mol. The van der Waals surface area contributed by atoms with Crippen LogP contribution in [0.2, 0.25) is 0 Å². The van der Waals surface area contributed by atoms with Crippen molar-refractivity contribution in [1.82, 2.24) is 4.90 Å². The Labute approximate surface area is 341 Å². The van der Waals surface area contributed by atoms with Gasteiger partial charge in [0.2, 0.25) is 16.3 Å². The van der Waals surface area contributed by atoms with Crippen LogP contribution in [0.15, 0.2) is 4.99 Å². The number of hydrogen-bond donors (Lipinski definition) is 0. The molecular weight excluding hydrogens is 709 g/mol. The molecule has 1 aliphatic heterocycles. The number of nitrogens with zero attached hydrogens (tertiary/aromatic N) is 4. The zero-order valence-corrected chi connectivity index (χ0v) is 37.4. The predicted octanol–water partition coefficient (Wildman–Crippen LogP) is 12.2. The lowest BCUT2D eigenvalue weighted by Gasteiger charge is -2.33. The molecule has 10 heteroatoms. The lowest BCUT2D eigenvalue weighted by atomic mass is 10.0. The molecule has 1 amide bonds. The van der Waals surface area contributed by atoms with Crippen molar-refractivity contribution in [2.45, 2.75) is 226 Å². The van der Waals surface area contributed by atoms with Gasteiger partial charge in [-0.3, -0.25) is 13.5 Å². The first kappa shape index (κ1) is 53.5. The summed E-state index contributed by atoms with van der Waals surface area (Å²) in [6.07, 6.45) is 43.2. The molecule has 0 radical (unpaired) electrons. The van der Waals surface area contributed by atoms with E-state index in [9.17, 15) is 23.0 Å². The van der Waals surface area contributed by atoms with Gasteiger partial charge in [-0.2, -0.15) is 5.26 Å². The molecule has 0 N–H and O–H groups in total. The molecular formula is C45H88N4O5S. The molecule has 55 heavy (non-hydrogen) atoms. The number of aliphatic imine (C=N–C) groups is 1. The molecule has 9 nitrogen and oxygen atoms in total. The maximum Gasteiger partial charge on any atom is 0.222 e. The number of unbranched alkanes of at least 4 members (excludes halogenated alkanes) is 28. The zero-order chi connectivity index (χ0) is 40.7. The number of hydrogen-bond acceptors (Lipinski definition) is 7.